The Labute approximate surface area is 140 Å². The summed E-state index contributed by atoms with van der Waals surface area (Å²) in [4.78, 5) is 25.1. The maximum absolute atomic E-state index is 12.2. The number of carbonyl (C=O) groups is 2. The highest BCUT2D eigenvalue weighted by Gasteiger charge is 2.43. The first-order chi connectivity index (χ1) is 11.5. The molecule has 8 heteroatoms. The van der Waals surface area contributed by atoms with Crippen molar-refractivity contribution >= 4 is 11.8 Å². The zero-order chi connectivity index (χ0) is 17.2. The molecule has 0 atom stereocenters. The first-order valence-corrected chi connectivity index (χ1v) is 8.04. The zero-order valence-corrected chi connectivity index (χ0v) is 13.5. The quantitative estimate of drug-likeness (QED) is 0.722. The first kappa shape index (κ1) is 16.7. The number of nitrogens with one attached hydrogen (secondary N) is 1. The van der Waals surface area contributed by atoms with Gasteiger partial charge in [0, 0.05) is 19.4 Å². The molecule has 2 N–H and O–H groups in total. The van der Waals surface area contributed by atoms with Gasteiger partial charge < -0.3 is 20.1 Å². The number of hydrogen-bond donors (Lipinski definition) is 2. The number of carbonyl (C=O) groups excluding carboxylic acids is 2. The van der Waals surface area contributed by atoms with Gasteiger partial charge in [-0.1, -0.05) is 6.58 Å². The Balaban J connectivity index is 1.50. The van der Waals surface area contributed by atoms with Gasteiger partial charge in [0.1, 0.15) is 5.60 Å². The van der Waals surface area contributed by atoms with Gasteiger partial charge in [-0.05, 0) is 18.9 Å². The van der Waals surface area contributed by atoms with Crippen LogP contribution in [0.15, 0.2) is 25.0 Å². The van der Waals surface area contributed by atoms with E-state index in [2.05, 4.69) is 17.0 Å². The van der Waals surface area contributed by atoms with Crippen LogP contribution in [0.1, 0.15) is 29.2 Å². The van der Waals surface area contributed by atoms with Crippen LogP contribution in [0.2, 0.25) is 0 Å². The largest absolute Gasteiger partial charge is 0.384 e. The van der Waals surface area contributed by atoms with Gasteiger partial charge in [0.15, 0.2) is 0 Å². The molecule has 0 bridgehead atoms. The van der Waals surface area contributed by atoms with Crippen molar-refractivity contribution in [2.45, 2.75) is 24.5 Å². The lowest BCUT2D eigenvalue weighted by Gasteiger charge is -2.45. The summed E-state index contributed by atoms with van der Waals surface area (Å²) in [5.41, 5.74) is -0.617. The Morgan fingerprint density at radius 3 is 2.83 bits per heavy atom. The van der Waals surface area contributed by atoms with E-state index in [1.807, 2.05) is 0 Å². The summed E-state index contributed by atoms with van der Waals surface area (Å²) < 4.78 is 7.13. The minimum Gasteiger partial charge on any atom is -0.384 e. The van der Waals surface area contributed by atoms with E-state index in [1.165, 1.54) is 17.2 Å². The number of nitrogens with zero attached hydrogens (tertiary/aromatic N) is 3. The molecule has 8 nitrogen and oxygen atoms in total. The van der Waals surface area contributed by atoms with Gasteiger partial charge in [-0.2, -0.15) is 5.10 Å². The third-order valence-corrected chi connectivity index (χ3v) is 4.46. The fourth-order valence-corrected chi connectivity index (χ4v) is 3.01. The van der Waals surface area contributed by atoms with Crippen LogP contribution in [0.5, 0.6) is 0 Å². The number of aliphatic hydroxyl groups is 1. The number of rotatable bonds is 5. The molecule has 3 heterocycles. The first-order valence-electron chi connectivity index (χ1n) is 8.04. The number of amides is 2. The molecule has 0 saturated carbocycles. The summed E-state index contributed by atoms with van der Waals surface area (Å²) in [6, 6.07) is 0.259. The average Bonchev–Trinajstić information content (AvgIpc) is 3.07. The van der Waals surface area contributed by atoms with Gasteiger partial charge in [-0.15, -0.1) is 0 Å². The molecule has 130 valence electrons. The van der Waals surface area contributed by atoms with E-state index in [9.17, 15) is 14.7 Å². The number of aromatic nitrogens is 2. The molecule has 2 saturated heterocycles. The van der Waals surface area contributed by atoms with Gasteiger partial charge in [0.2, 0.25) is 5.91 Å². The second-order valence-electron chi connectivity index (χ2n) is 6.36. The van der Waals surface area contributed by atoms with Crippen molar-refractivity contribution in [2.75, 3.05) is 32.8 Å². The van der Waals surface area contributed by atoms with Crippen LogP contribution in [-0.2, 0) is 9.53 Å². The van der Waals surface area contributed by atoms with Crippen molar-refractivity contribution in [2.24, 2.45) is 0 Å². The predicted octanol–water partition coefficient (Wildman–Crippen LogP) is -0.276. The summed E-state index contributed by atoms with van der Waals surface area (Å²) in [6.45, 7) is 5.30. The van der Waals surface area contributed by atoms with Crippen LogP contribution >= 0.6 is 0 Å². The van der Waals surface area contributed by atoms with Crippen LogP contribution in [0.25, 0.3) is 0 Å². The summed E-state index contributed by atoms with van der Waals surface area (Å²) in [5.74, 6) is -0.501. The van der Waals surface area contributed by atoms with Crippen molar-refractivity contribution in [3.8, 4) is 0 Å². The van der Waals surface area contributed by atoms with Crippen LogP contribution < -0.4 is 5.32 Å². The average molecular weight is 334 g/mol. The Kier molecular flexibility index (Phi) is 4.68. The Morgan fingerprint density at radius 2 is 2.17 bits per heavy atom. The number of β-amino-alcohol motifs (C(OH)–C–C–N with tert-alkyl or cyclic N) is 1. The molecule has 0 unspecified atom stereocenters. The Bertz CT molecular complexity index is 630. The smallest absolute Gasteiger partial charge is 0.254 e. The van der Waals surface area contributed by atoms with Crippen molar-refractivity contribution in [3.63, 3.8) is 0 Å². The lowest BCUT2D eigenvalue weighted by molar-refractivity contribution is -0.148. The van der Waals surface area contributed by atoms with E-state index in [0.29, 0.717) is 18.8 Å². The predicted molar refractivity (Wildman–Crippen MR) is 85.4 cm³/mol. The second kappa shape index (κ2) is 6.74. The molecule has 1 aromatic heterocycles. The van der Waals surface area contributed by atoms with Crippen LogP contribution in [-0.4, -0.2) is 70.1 Å². The molecule has 2 aliphatic rings. The Hall–Kier alpha value is -2.19. The fraction of sp³-hybridized carbons (Fsp3) is 0.562. The molecule has 2 fully saturated rings. The highest BCUT2D eigenvalue weighted by atomic mass is 16.5. The van der Waals surface area contributed by atoms with E-state index >= 15 is 0 Å². The van der Waals surface area contributed by atoms with E-state index in [4.69, 9.17) is 4.74 Å². The lowest BCUT2D eigenvalue weighted by atomic mass is 9.94. The van der Waals surface area contributed by atoms with Gasteiger partial charge in [-0.25, -0.2) is 0 Å². The molecule has 0 spiro atoms. The van der Waals surface area contributed by atoms with Crippen LogP contribution in [0.3, 0.4) is 0 Å². The fourth-order valence-electron chi connectivity index (χ4n) is 3.01. The SMILES string of the molecule is C=CC(=O)N1CC(O)(CNC(=O)c2cnn(C3CCOCC3)c2)C1. The third-order valence-electron chi connectivity index (χ3n) is 4.46. The maximum Gasteiger partial charge on any atom is 0.254 e. The monoisotopic (exact) mass is 334 g/mol. The number of hydrogen-bond acceptors (Lipinski definition) is 5. The number of likely N-dealkylation sites (tertiary alicyclic amines) is 1. The van der Waals surface area contributed by atoms with E-state index in [0.717, 1.165) is 12.8 Å². The standard InChI is InChI=1S/C16H22N4O4/c1-2-14(21)19-10-16(23,11-19)9-17-15(22)12-7-18-20(8-12)13-3-5-24-6-4-13/h2,7-8,13,23H,1,3-6,9-11H2,(H,17,22). The van der Waals surface area contributed by atoms with E-state index < -0.39 is 5.60 Å². The van der Waals surface area contributed by atoms with Crippen molar-refractivity contribution in [1.82, 2.24) is 20.0 Å². The maximum atomic E-state index is 12.2. The second-order valence-corrected chi connectivity index (χ2v) is 6.36. The molecule has 0 aliphatic carbocycles. The minimum absolute atomic E-state index is 0.0925. The summed E-state index contributed by atoms with van der Waals surface area (Å²) >= 11 is 0. The van der Waals surface area contributed by atoms with E-state index in [1.54, 1.807) is 10.9 Å². The minimum atomic E-state index is -1.08. The van der Waals surface area contributed by atoms with Crippen molar-refractivity contribution in [1.29, 1.82) is 0 Å². The van der Waals surface area contributed by atoms with E-state index in [-0.39, 0.29) is 37.5 Å². The summed E-state index contributed by atoms with van der Waals surface area (Å²) in [6.07, 6.45) is 6.24. The third kappa shape index (κ3) is 3.49. The summed E-state index contributed by atoms with van der Waals surface area (Å²) in [7, 11) is 0. The van der Waals surface area contributed by atoms with Crippen LogP contribution in [0.4, 0.5) is 0 Å². The van der Waals surface area contributed by atoms with Gasteiger partial charge in [0.25, 0.3) is 5.91 Å². The molecule has 1 aromatic rings. The number of ether oxygens (including phenoxy) is 1. The highest BCUT2D eigenvalue weighted by molar-refractivity contribution is 5.93. The normalized spacial score (nSPS) is 20.3. The van der Waals surface area contributed by atoms with Gasteiger partial charge in [0.05, 0.1) is 37.4 Å². The molecule has 24 heavy (non-hydrogen) atoms. The lowest BCUT2D eigenvalue weighted by Crippen LogP contribution is -2.67. The molecule has 0 radical (unpaired) electrons. The topological polar surface area (TPSA) is 96.7 Å². The molecular weight excluding hydrogens is 312 g/mol. The van der Waals surface area contributed by atoms with Crippen molar-refractivity contribution < 1.29 is 19.4 Å². The molecular formula is C16H22N4O4. The molecule has 3 rings (SSSR count). The van der Waals surface area contributed by atoms with Gasteiger partial charge in [-0.3, -0.25) is 14.3 Å². The molecule has 0 aromatic carbocycles. The van der Waals surface area contributed by atoms with Crippen molar-refractivity contribution in [3.05, 3.63) is 30.6 Å². The zero-order valence-electron chi connectivity index (χ0n) is 13.5. The summed E-state index contributed by atoms with van der Waals surface area (Å²) in [5, 5.41) is 17.2. The Morgan fingerprint density at radius 1 is 1.46 bits per heavy atom. The van der Waals surface area contributed by atoms with Crippen LogP contribution in [0, 0.1) is 0 Å². The highest BCUT2D eigenvalue weighted by Crippen LogP contribution is 2.21. The molecule has 2 aliphatic heterocycles. The van der Waals surface area contributed by atoms with Gasteiger partial charge >= 0.3 is 0 Å². The molecule has 2 amide bonds.